The molecule has 0 aliphatic carbocycles. The lowest BCUT2D eigenvalue weighted by Crippen LogP contribution is -2.29. The van der Waals surface area contributed by atoms with Crippen LogP contribution >= 0.6 is 11.8 Å². The summed E-state index contributed by atoms with van der Waals surface area (Å²) < 4.78 is 81.5. The predicted octanol–water partition coefficient (Wildman–Crippen LogP) is 7.71. The van der Waals surface area contributed by atoms with Gasteiger partial charge in [0.1, 0.15) is 0 Å². The van der Waals surface area contributed by atoms with Crippen molar-refractivity contribution in [2.24, 2.45) is 0 Å². The summed E-state index contributed by atoms with van der Waals surface area (Å²) in [7, 11) is 0. The number of nitrogens with zero attached hydrogens (tertiary/aromatic N) is 3. The lowest BCUT2D eigenvalue weighted by Gasteiger charge is -2.18. The molecule has 0 bridgehead atoms. The van der Waals surface area contributed by atoms with Crippen LogP contribution < -0.4 is 5.32 Å². The van der Waals surface area contributed by atoms with Crippen LogP contribution in [-0.4, -0.2) is 20.7 Å². The van der Waals surface area contributed by atoms with Crippen LogP contribution in [0.3, 0.4) is 0 Å². The molecule has 1 N–H and O–H groups in total. The summed E-state index contributed by atoms with van der Waals surface area (Å²) in [5, 5.41) is 11.5. The molecule has 0 aliphatic rings. The zero-order valence-corrected chi connectivity index (χ0v) is 22.4. The number of hydrogen-bond acceptors (Lipinski definition) is 4. The van der Waals surface area contributed by atoms with Gasteiger partial charge in [0.15, 0.2) is 11.0 Å². The van der Waals surface area contributed by atoms with Crippen LogP contribution in [0.2, 0.25) is 0 Å². The SMILES string of the molecule is Cc1ccc(-n2c(SCc3ccccc3C)nnc2C(C)NC(=O)c2cc(C(F)(F)F)cc(C(F)(F)F)c2)cc1. The molecule has 1 amide bonds. The first-order valence-corrected chi connectivity index (χ1v) is 13.0. The molecule has 0 spiro atoms. The van der Waals surface area contributed by atoms with Gasteiger partial charge < -0.3 is 5.32 Å². The molecule has 40 heavy (non-hydrogen) atoms. The Morgan fingerprint density at radius 2 is 1.50 bits per heavy atom. The van der Waals surface area contributed by atoms with E-state index in [1.807, 2.05) is 62.4 Å². The topological polar surface area (TPSA) is 59.8 Å². The maximum absolute atomic E-state index is 13.3. The molecule has 1 aromatic heterocycles. The van der Waals surface area contributed by atoms with Gasteiger partial charge in [0.05, 0.1) is 17.2 Å². The molecule has 1 atom stereocenters. The van der Waals surface area contributed by atoms with Crippen LogP contribution in [-0.2, 0) is 18.1 Å². The first-order valence-electron chi connectivity index (χ1n) is 12.0. The molecular weight excluding hydrogens is 554 g/mol. The molecular formula is C28H24F6N4OS. The maximum atomic E-state index is 13.3. The van der Waals surface area contributed by atoms with Crippen molar-refractivity contribution in [1.82, 2.24) is 20.1 Å². The number of rotatable bonds is 7. The summed E-state index contributed by atoms with van der Waals surface area (Å²) in [6.07, 6.45) is -10.1. The fourth-order valence-corrected chi connectivity index (χ4v) is 4.97. The van der Waals surface area contributed by atoms with Crippen molar-refractivity contribution in [1.29, 1.82) is 0 Å². The van der Waals surface area contributed by atoms with E-state index in [0.29, 0.717) is 28.7 Å². The van der Waals surface area contributed by atoms with Gasteiger partial charge in [-0.05, 0) is 62.2 Å². The molecule has 5 nitrogen and oxygen atoms in total. The van der Waals surface area contributed by atoms with E-state index >= 15 is 0 Å². The normalized spacial score (nSPS) is 12.8. The number of carbonyl (C=O) groups is 1. The quantitative estimate of drug-likeness (QED) is 0.180. The Balaban J connectivity index is 1.67. The highest BCUT2D eigenvalue weighted by molar-refractivity contribution is 7.98. The van der Waals surface area contributed by atoms with Crippen molar-refractivity contribution >= 4 is 17.7 Å². The number of benzene rings is 3. The minimum atomic E-state index is -5.07. The largest absolute Gasteiger partial charge is 0.416 e. The molecule has 3 aromatic carbocycles. The second kappa shape index (κ2) is 11.4. The van der Waals surface area contributed by atoms with Crippen molar-refractivity contribution in [2.45, 2.75) is 50.1 Å². The number of amides is 1. The molecule has 1 unspecified atom stereocenters. The first-order chi connectivity index (χ1) is 18.7. The minimum absolute atomic E-state index is 0.0216. The van der Waals surface area contributed by atoms with Gasteiger partial charge in [-0.1, -0.05) is 53.7 Å². The number of aryl methyl sites for hydroxylation is 2. The van der Waals surface area contributed by atoms with Gasteiger partial charge in [-0.3, -0.25) is 9.36 Å². The van der Waals surface area contributed by atoms with Gasteiger partial charge in [-0.15, -0.1) is 10.2 Å². The van der Waals surface area contributed by atoms with Crippen LogP contribution in [0.5, 0.6) is 0 Å². The first kappa shape index (κ1) is 29.2. The zero-order valence-electron chi connectivity index (χ0n) is 21.6. The fourth-order valence-electron chi connectivity index (χ4n) is 3.94. The van der Waals surface area contributed by atoms with Gasteiger partial charge in [0.25, 0.3) is 5.91 Å². The lowest BCUT2D eigenvalue weighted by molar-refractivity contribution is -0.143. The van der Waals surface area contributed by atoms with Crippen molar-refractivity contribution < 1.29 is 31.1 Å². The summed E-state index contributed by atoms with van der Waals surface area (Å²) in [6.45, 7) is 5.43. The average Bonchev–Trinajstić information content (AvgIpc) is 3.31. The average molecular weight is 579 g/mol. The van der Waals surface area contributed by atoms with E-state index in [0.717, 1.165) is 16.7 Å². The standard InChI is InChI=1S/C28H24F6N4OS/c1-16-8-10-23(11-9-16)38-24(36-37-26(38)40-15-19-7-5-4-6-17(19)2)18(3)35-25(39)20-12-21(27(29,30)31)14-22(13-20)28(32,33)34/h4-14,18H,15H2,1-3H3,(H,35,39). The lowest BCUT2D eigenvalue weighted by atomic mass is 10.0. The van der Waals surface area contributed by atoms with E-state index in [1.165, 1.54) is 18.7 Å². The summed E-state index contributed by atoms with van der Waals surface area (Å²) >= 11 is 1.40. The Labute approximate surface area is 230 Å². The van der Waals surface area contributed by atoms with Crippen molar-refractivity contribution in [2.75, 3.05) is 0 Å². The van der Waals surface area contributed by atoms with Crippen molar-refractivity contribution in [3.05, 3.63) is 106 Å². The number of aromatic nitrogens is 3. The van der Waals surface area contributed by atoms with Crippen LogP contribution in [0, 0.1) is 13.8 Å². The zero-order chi connectivity index (χ0) is 29.2. The molecule has 4 aromatic rings. The summed E-state index contributed by atoms with van der Waals surface area (Å²) in [6, 6.07) is 15.1. The molecule has 1 heterocycles. The summed E-state index contributed by atoms with van der Waals surface area (Å²) in [5.74, 6) is -0.286. The molecule has 12 heteroatoms. The Kier molecular flexibility index (Phi) is 8.29. The van der Waals surface area contributed by atoms with E-state index < -0.39 is 41.0 Å². The van der Waals surface area contributed by atoms with Gasteiger partial charge in [0, 0.05) is 17.0 Å². The summed E-state index contributed by atoms with van der Waals surface area (Å²) in [4.78, 5) is 12.9. The van der Waals surface area contributed by atoms with Crippen LogP contribution in [0.25, 0.3) is 5.69 Å². The van der Waals surface area contributed by atoms with Gasteiger partial charge in [0.2, 0.25) is 0 Å². The van der Waals surface area contributed by atoms with E-state index in [4.69, 9.17) is 0 Å². The number of nitrogens with one attached hydrogen (secondary N) is 1. The van der Waals surface area contributed by atoms with Gasteiger partial charge in [-0.25, -0.2) is 0 Å². The molecule has 0 radical (unpaired) electrons. The second-order valence-electron chi connectivity index (χ2n) is 9.22. The van der Waals surface area contributed by atoms with Gasteiger partial charge in [-0.2, -0.15) is 26.3 Å². The predicted molar refractivity (Wildman–Crippen MR) is 139 cm³/mol. The molecule has 0 fully saturated rings. The Morgan fingerprint density at radius 1 is 0.900 bits per heavy atom. The number of halogens is 6. The van der Waals surface area contributed by atoms with Crippen LogP contribution in [0.4, 0.5) is 26.3 Å². The Hall–Kier alpha value is -3.80. The van der Waals surface area contributed by atoms with Crippen LogP contribution in [0.1, 0.15) is 57.0 Å². The van der Waals surface area contributed by atoms with E-state index in [1.54, 1.807) is 4.57 Å². The number of alkyl halides is 6. The van der Waals surface area contributed by atoms with Crippen LogP contribution in [0.15, 0.2) is 71.9 Å². The van der Waals surface area contributed by atoms with Crippen molar-refractivity contribution in [3.8, 4) is 5.69 Å². The number of thioether (sulfide) groups is 1. The molecule has 0 saturated heterocycles. The molecule has 4 rings (SSSR count). The van der Waals surface area contributed by atoms with Gasteiger partial charge >= 0.3 is 12.4 Å². The summed E-state index contributed by atoms with van der Waals surface area (Å²) in [5.41, 5.74) is -0.0630. The number of hydrogen-bond donors (Lipinski definition) is 1. The van der Waals surface area contributed by atoms with E-state index in [2.05, 4.69) is 15.5 Å². The van der Waals surface area contributed by atoms with Crippen molar-refractivity contribution in [3.63, 3.8) is 0 Å². The second-order valence-corrected chi connectivity index (χ2v) is 10.2. The number of carbonyl (C=O) groups excluding carboxylic acids is 1. The fraction of sp³-hybridized carbons (Fsp3) is 0.250. The third kappa shape index (κ3) is 6.67. The smallest absolute Gasteiger partial charge is 0.342 e. The van der Waals surface area contributed by atoms with E-state index in [-0.39, 0.29) is 11.9 Å². The third-order valence-electron chi connectivity index (χ3n) is 6.15. The Bertz CT molecular complexity index is 1480. The van der Waals surface area contributed by atoms with E-state index in [9.17, 15) is 31.1 Å². The monoisotopic (exact) mass is 578 g/mol. The highest BCUT2D eigenvalue weighted by Crippen LogP contribution is 2.36. The third-order valence-corrected chi connectivity index (χ3v) is 7.13. The minimum Gasteiger partial charge on any atom is -0.342 e. The molecule has 0 saturated carbocycles. The highest BCUT2D eigenvalue weighted by atomic mass is 32.2. The Morgan fingerprint density at radius 3 is 2.08 bits per heavy atom. The molecule has 0 aliphatic heterocycles. The molecule has 210 valence electrons. The highest BCUT2D eigenvalue weighted by Gasteiger charge is 2.37. The maximum Gasteiger partial charge on any atom is 0.416 e.